The van der Waals surface area contributed by atoms with Crippen molar-refractivity contribution in [3.05, 3.63) is 57.5 Å². The standard InChI is InChI=1S/C15H15BrClNO2/c1-20-12-4-2-3-11(8-12)18-15(9-19)13-6-5-10(16)7-14(13)17/h2-8,15,18-19H,9H2,1H3. The zero-order valence-corrected chi connectivity index (χ0v) is 13.3. The van der Waals surface area contributed by atoms with Crippen molar-refractivity contribution in [2.24, 2.45) is 0 Å². The molecule has 1 unspecified atom stereocenters. The highest BCUT2D eigenvalue weighted by atomic mass is 79.9. The minimum Gasteiger partial charge on any atom is -0.497 e. The van der Waals surface area contributed by atoms with Crippen LogP contribution in [0.5, 0.6) is 5.75 Å². The molecule has 2 N–H and O–H groups in total. The molecule has 2 aromatic carbocycles. The Bertz CT molecular complexity index is 592. The van der Waals surface area contributed by atoms with Crippen molar-refractivity contribution in [2.45, 2.75) is 6.04 Å². The molecule has 0 aliphatic heterocycles. The van der Waals surface area contributed by atoms with Gasteiger partial charge in [0.2, 0.25) is 0 Å². The van der Waals surface area contributed by atoms with Gasteiger partial charge in [0.05, 0.1) is 19.8 Å². The van der Waals surface area contributed by atoms with E-state index in [1.165, 1.54) is 0 Å². The maximum Gasteiger partial charge on any atom is 0.120 e. The lowest BCUT2D eigenvalue weighted by Crippen LogP contribution is -2.15. The predicted molar refractivity (Wildman–Crippen MR) is 85.6 cm³/mol. The number of rotatable bonds is 5. The van der Waals surface area contributed by atoms with Gasteiger partial charge >= 0.3 is 0 Å². The highest BCUT2D eigenvalue weighted by Gasteiger charge is 2.14. The van der Waals surface area contributed by atoms with Crippen LogP contribution >= 0.6 is 27.5 Å². The van der Waals surface area contributed by atoms with E-state index in [1.807, 2.05) is 42.5 Å². The smallest absolute Gasteiger partial charge is 0.120 e. The molecule has 0 saturated heterocycles. The zero-order valence-electron chi connectivity index (χ0n) is 10.9. The molecule has 1 atom stereocenters. The summed E-state index contributed by atoms with van der Waals surface area (Å²) < 4.78 is 6.09. The molecule has 2 rings (SSSR count). The van der Waals surface area contributed by atoms with Crippen molar-refractivity contribution in [3.63, 3.8) is 0 Å². The molecular weight excluding hydrogens is 342 g/mol. The van der Waals surface area contributed by atoms with Crippen molar-refractivity contribution in [1.29, 1.82) is 0 Å². The van der Waals surface area contributed by atoms with Crippen molar-refractivity contribution in [3.8, 4) is 5.75 Å². The average molecular weight is 357 g/mol. The molecule has 0 heterocycles. The Morgan fingerprint density at radius 1 is 1.30 bits per heavy atom. The summed E-state index contributed by atoms with van der Waals surface area (Å²) >= 11 is 9.59. The second-order valence-corrected chi connectivity index (χ2v) is 5.60. The lowest BCUT2D eigenvalue weighted by atomic mass is 10.1. The highest BCUT2D eigenvalue weighted by molar-refractivity contribution is 9.10. The van der Waals surface area contributed by atoms with E-state index >= 15 is 0 Å². The quantitative estimate of drug-likeness (QED) is 0.841. The van der Waals surface area contributed by atoms with Crippen molar-refractivity contribution in [2.75, 3.05) is 19.0 Å². The number of nitrogens with one attached hydrogen (secondary N) is 1. The van der Waals surface area contributed by atoms with Gasteiger partial charge in [-0.2, -0.15) is 0 Å². The van der Waals surface area contributed by atoms with E-state index in [2.05, 4.69) is 21.2 Å². The Kier molecular flexibility index (Phi) is 5.29. The fraction of sp³-hybridized carbons (Fsp3) is 0.200. The van der Waals surface area contributed by atoms with E-state index in [1.54, 1.807) is 7.11 Å². The summed E-state index contributed by atoms with van der Waals surface area (Å²) in [4.78, 5) is 0. The van der Waals surface area contributed by atoms with Gasteiger partial charge in [-0.25, -0.2) is 0 Å². The number of anilines is 1. The van der Waals surface area contributed by atoms with Gasteiger partial charge in [0.15, 0.2) is 0 Å². The Balaban J connectivity index is 2.23. The number of aliphatic hydroxyl groups excluding tert-OH is 1. The maximum atomic E-state index is 9.60. The molecule has 0 amide bonds. The Labute approximate surface area is 131 Å². The topological polar surface area (TPSA) is 41.5 Å². The molecule has 5 heteroatoms. The summed E-state index contributed by atoms with van der Waals surface area (Å²) in [5.74, 6) is 0.758. The van der Waals surface area contributed by atoms with Crippen LogP contribution in [0.1, 0.15) is 11.6 Å². The summed E-state index contributed by atoms with van der Waals surface area (Å²) in [5.41, 5.74) is 1.71. The Morgan fingerprint density at radius 2 is 2.10 bits per heavy atom. The van der Waals surface area contributed by atoms with Crippen LogP contribution in [0.2, 0.25) is 5.02 Å². The average Bonchev–Trinajstić information content (AvgIpc) is 2.45. The molecule has 0 aromatic heterocycles. The van der Waals surface area contributed by atoms with E-state index in [0.717, 1.165) is 21.5 Å². The van der Waals surface area contributed by atoms with E-state index in [4.69, 9.17) is 16.3 Å². The second kappa shape index (κ2) is 6.97. The minimum absolute atomic E-state index is 0.0570. The van der Waals surface area contributed by atoms with Crippen LogP contribution in [-0.2, 0) is 0 Å². The largest absolute Gasteiger partial charge is 0.497 e. The second-order valence-electron chi connectivity index (χ2n) is 4.28. The van der Waals surface area contributed by atoms with Crippen molar-refractivity contribution < 1.29 is 9.84 Å². The third kappa shape index (κ3) is 3.66. The van der Waals surface area contributed by atoms with Gasteiger partial charge in [-0.05, 0) is 29.8 Å². The van der Waals surface area contributed by atoms with E-state index in [0.29, 0.717) is 5.02 Å². The summed E-state index contributed by atoms with van der Waals surface area (Å²) in [7, 11) is 1.62. The number of ether oxygens (including phenoxy) is 1. The summed E-state index contributed by atoms with van der Waals surface area (Å²) in [6, 6.07) is 12.9. The lowest BCUT2D eigenvalue weighted by Gasteiger charge is -2.19. The summed E-state index contributed by atoms with van der Waals surface area (Å²) in [5, 5.41) is 13.5. The zero-order chi connectivity index (χ0) is 14.5. The van der Waals surface area contributed by atoms with Gasteiger partial charge in [0.25, 0.3) is 0 Å². The number of hydrogen-bond acceptors (Lipinski definition) is 3. The molecule has 0 bridgehead atoms. The third-order valence-electron chi connectivity index (χ3n) is 2.93. The normalized spacial score (nSPS) is 12.0. The van der Waals surface area contributed by atoms with Crippen LogP contribution in [0.4, 0.5) is 5.69 Å². The van der Waals surface area contributed by atoms with Crippen LogP contribution in [-0.4, -0.2) is 18.8 Å². The fourth-order valence-corrected chi connectivity index (χ4v) is 2.73. The Morgan fingerprint density at radius 3 is 2.75 bits per heavy atom. The summed E-state index contributed by atoms with van der Waals surface area (Å²) in [6.07, 6.45) is 0. The minimum atomic E-state index is -0.275. The third-order valence-corrected chi connectivity index (χ3v) is 3.75. The SMILES string of the molecule is COc1cccc(NC(CO)c2ccc(Br)cc2Cl)c1. The molecule has 0 radical (unpaired) electrons. The first kappa shape index (κ1) is 15.2. The predicted octanol–water partition coefficient (Wildman–Crippen LogP) is 4.26. The molecule has 106 valence electrons. The van der Waals surface area contributed by atoms with Gasteiger partial charge in [-0.1, -0.05) is 39.7 Å². The van der Waals surface area contributed by atoms with Gasteiger partial charge < -0.3 is 15.2 Å². The molecule has 20 heavy (non-hydrogen) atoms. The number of methoxy groups -OCH3 is 1. The number of halogens is 2. The molecule has 0 spiro atoms. The fourth-order valence-electron chi connectivity index (χ4n) is 1.92. The van der Waals surface area contributed by atoms with Gasteiger partial charge in [0.1, 0.15) is 5.75 Å². The molecular formula is C15H15BrClNO2. The maximum absolute atomic E-state index is 9.60. The van der Waals surface area contributed by atoms with E-state index < -0.39 is 0 Å². The van der Waals surface area contributed by atoms with Crippen LogP contribution in [0.25, 0.3) is 0 Å². The molecule has 0 aliphatic rings. The molecule has 0 aliphatic carbocycles. The van der Waals surface area contributed by atoms with Gasteiger partial charge in [0, 0.05) is 21.2 Å². The van der Waals surface area contributed by atoms with Gasteiger partial charge in [-0.3, -0.25) is 0 Å². The van der Waals surface area contributed by atoms with E-state index in [-0.39, 0.29) is 12.6 Å². The first-order valence-electron chi connectivity index (χ1n) is 6.10. The van der Waals surface area contributed by atoms with Crippen molar-refractivity contribution >= 4 is 33.2 Å². The first-order valence-corrected chi connectivity index (χ1v) is 7.27. The lowest BCUT2D eigenvalue weighted by molar-refractivity contribution is 0.276. The first-order chi connectivity index (χ1) is 9.63. The van der Waals surface area contributed by atoms with E-state index in [9.17, 15) is 5.11 Å². The van der Waals surface area contributed by atoms with Gasteiger partial charge in [-0.15, -0.1) is 0 Å². The number of benzene rings is 2. The van der Waals surface area contributed by atoms with Crippen molar-refractivity contribution in [1.82, 2.24) is 0 Å². The number of hydrogen-bond donors (Lipinski definition) is 2. The summed E-state index contributed by atoms with van der Waals surface area (Å²) in [6.45, 7) is -0.0570. The van der Waals surface area contributed by atoms with Crippen LogP contribution < -0.4 is 10.1 Å². The van der Waals surface area contributed by atoms with Crippen LogP contribution in [0.15, 0.2) is 46.9 Å². The molecule has 3 nitrogen and oxygen atoms in total. The molecule has 0 fully saturated rings. The van der Waals surface area contributed by atoms with Crippen LogP contribution in [0, 0.1) is 0 Å². The monoisotopic (exact) mass is 355 g/mol. The highest BCUT2D eigenvalue weighted by Crippen LogP contribution is 2.29. The molecule has 0 saturated carbocycles. The number of aliphatic hydroxyl groups is 1. The van der Waals surface area contributed by atoms with Crippen LogP contribution in [0.3, 0.4) is 0 Å². The Hall–Kier alpha value is -1.23. The molecule has 2 aromatic rings.